The molecule has 3 heteroatoms. The number of hydrogen-bond donors (Lipinski definition) is 1. The van der Waals surface area contributed by atoms with E-state index in [-0.39, 0.29) is 11.8 Å². The van der Waals surface area contributed by atoms with Gasteiger partial charge in [0.05, 0.1) is 0 Å². The van der Waals surface area contributed by atoms with Crippen LogP contribution in [-0.4, -0.2) is 17.3 Å². The Kier molecular flexibility index (Phi) is 2.22. The van der Waals surface area contributed by atoms with E-state index in [1.807, 2.05) is 27.7 Å². The van der Waals surface area contributed by atoms with Crippen LogP contribution in [0.1, 0.15) is 34.1 Å². The van der Waals surface area contributed by atoms with Crippen LogP contribution >= 0.6 is 0 Å². The van der Waals surface area contributed by atoms with Crippen molar-refractivity contribution in [1.82, 2.24) is 5.32 Å². The average molecular weight is 168 g/mol. The van der Waals surface area contributed by atoms with Crippen molar-refractivity contribution in [3.63, 3.8) is 0 Å². The lowest BCUT2D eigenvalue weighted by Gasteiger charge is -2.21. The van der Waals surface area contributed by atoms with E-state index >= 15 is 0 Å². The highest BCUT2D eigenvalue weighted by Crippen LogP contribution is 2.25. The van der Waals surface area contributed by atoms with Crippen molar-refractivity contribution in [3.8, 4) is 0 Å². The van der Waals surface area contributed by atoms with Crippen molar-refractivity contribution in [2.24, 2.45) is 10.9 Å². The van der Waals surface area contributed by atoms with Crippen LogP contribution in [0.4, 0.5) is 0 Å². The smallest absolute Gasteiger partial charge is 0.253 e. The molecule has 0 saturated heterocycles. The maximum atomic E-state index is 11.5. The molecule has 1 amide bonds. The normalized spacial score (nSPS) is 29.1. The summed E-state index contributed by atoms with van der Waals surface area (Å²) in [6.07, 6.45) is 0.800. The van der Waals surface area contributed by atoms with Crippen molar-refractivity contribution in [1.29, 1.82) is 0 Å². The summed E-state index contributed by atoms with van der Waals surface area (Å²) in [6, 6.07) is 0. The topological polar surface area (TPSA) is 41.5 Å². The lowest BCUT2D eigenvalue weighted by atomic mass is 9.89. The number of nitrogens with one attached hydrogen (secondary N) is 1. The summed E-state index contributed by atoms with van der Waals surface area (Å²) in [7, 11) is 0. The molecule has 68 valence electrons. The Bertz CT molecular complexity index is 233. The highest BCUT2D eigenvalue weighted by molar-refractivity contribution is 6.08. The Balaban J connectivity index is 2.91. The molecule has 1 rings (SSSR count). The molecule has 0 fully saturated rings. The molecule has 1 N–H and O–H groups in total. The number of hydrogen-bond acceptors (Lipinski definition) is 2. The molecular weight excluding hydrogens is 152 g/mol. The number of amides is 1. The van der Waals surface area contributed by atoms with Gasteiger partial charge in [-0.1, -0.05) is 20.8 Å². The SMILES string of the molecule is CCC1=NC(C)(C(C)C)C(=O)N1. The van der Waals surface area contributed by atoms with Crippen molar-refractivity contribution >= 4 is 11.7 Å². The van der Waals surface area contributed by atoms with E-state index in [2.05, 4.69) is 10.3 Å². The van der Waals surface area contributed by atoms with Crippen molar-refractivity contribution < 1.29 is 4.79 Å². The zero-order valence-corrected chi connectivity index (χ0v) is 8.14. The van der Waals surface area contributed by atoms with Crippen LogP contribution < -0.4 is 5.32 Å². The van der Waals surface area contributed by atoms with Gasteiger partial charge in [-0.2, -0.15) is 0 Å². The van der Waals surface area contributed by atoms with Gasteiger partial charge < -0.3 is 5.32 Å². The summed E-state index contributed by atoms with van der Waals surface area (Å²) in [5.41, 5.74) is -0.536. The minimum absolute atomic E-state index is 0.0364. The summed E-state index contributed by atoms with van der Waals surface area (Å²) in [5, 5.41) is 2.79. The van der Waals surface area contributed by atoms with Gasteiger partial charge in [0, 0.05) is 6.42 Å². The lowest BCUT2D eigenvalue weighted by molar-refractivity contribution is -0.124. The van der Waals surface area contributed by atoms with Gasteiger partial charge in [0.1, 0.15) is 11.4 Å². The summed E-state index contributed by atoms with van der Waals surface area (Å²) >= 11 is 0. The fourth-order valence-corrected chi connectivity index (χ4v) is 1.18. The molecule has 0 aliphatic carbocycles. The Labute approximate surface area is 73.3 Å². The second kappa shape index (κ2) is 2.88. The predicted molar refractivity (Wildman–Crippen MR) is 49.1 cm³/mol. The van der Waals surface area contributed by atoms with Crippen LogP contribution in [0.3, 0.4) is 0 Å². The van der Waals surface area contributed by atoms with E-state index in [1.54, 1.807) is 0 Å². The first-order valence-electron chi connectivity index (χ1n) is 4.41. The van der Waals surface area contributed by atoms with Gasteiger partial charge in [-0.15, -0.1) is 0 Å². The minimum Gasteiger partial charge on any atom is -0.312 e. The third-order valence-electron chi connectivity index (χ3n) is 2.54. The quantitative estimate of drug-likeness (QED) is 0.664. The number of amidine groups is 1. The van der Waals surface area contributed by atoms with Crippen LogP contribution in [-0.2, 0) is 4.79 Å². The first kappa shape index (κ1) is 9.23. The number of aliphatic imine (C=N–C) groups is 1. The number of carbonyl (C=O) groups excluding carboxylic acids is 1. The van der Waals surface area contributed by atoms with Crippen molar-refractivity contribution in [2.45, 2.75) is 39.7 Å². The Morgan fingerprint density at radius 2 is 2.17 bits per heavy atom. The second-order valence-electron chi connectivity index (χ2n) is 3.67. The maximum Gasteiger partial charge on any atom is 0.253 e. The first-order chi connectivity index (χ1) is 5.50. The molecule has 1 aliphatic heterocycles. The van der Waals surface area contributed by atoms with Crippen LogP contribution in [0.2, 0.25) is 0 Å². The third kappa shape index (κ3) is 1.24. The first-order valence-corrected chi connectivity index (χ1v) is 4.41. The Morgan fingerprint density at radius 1 is 1.58 bits per heavy atom. The highest BCUT2D eigenvalue weighted by atomic mass is 16.2. The zero-order valence-electron chi connectivity index (χ0n) is 8.14. The fourth-order valence-electron chi connectivity index (χ4n) is 1.18. The molecule has 1 unspecified atom stereocenters. The van der Waals surface area contributed by atoms with Gasteiger partial charge in [-0.25, -0.2) is 0 Å². The van der Waals surface area contributed by atoms with Crippen LogP contribution in [0.5, 0.6) is 0 Å². The van der Waals surface area contributed by atoms with Gasteiger partial charge in [-0.05, 0) is 12.8 Å². The molecular formula is C9H16N2O. The molecule has 0 saturated carbocycles. The zero-order chi connectivity index (χ0) is 9.35. The van der Waals surface area contributed by atoms with Crippen LogP contribution in [0.25, 0.3) is 0 Å². The third-order valence-corrected chi connectivity index (χ3v) is 2.54. The van der Waals surface area contributed by atoms with E-state index in [0.717, 1.165) is 12.3 Å². The van der Waals surface area contributed by atoms with Gasteiger partial charge in [0.25, 0.3) is 5.91 Å². The van der Waals surface area contributed by atoms with Crippen LogP contribution in [0.15, 0.2) is 4.99 Å². The molecule has 0 aromatic rings. The van der Waals surface area contributed by atoms with E-state index < -0.39 is 5.54 Å². The van der Waals surface area contributed by atoms with Gasteiger partial charge in [0.2, 0.25) is 0 Å². The second-order valence-corrected chi connectivity index (χ2v) is 3.67. The standard InChI is InChI=1S/C9H16N2O/c1-5-7-10-8(12)9(4,11-7)6(2)3/h6H,5H2,1-4H3,(H,10,11,12). The molecule has 1 heterocycles. The Morgan fingerprint density at radius 3 is 2.42 bits per heavy atom. The molecule has 0 spiro atoms. The molecule has 0 radical (unpaired) electrons. The summed E-state index contributed by atoms with van der Waals surface area (Å²) in [4.78, 5) is 15.9. The van der Waals surface area contributed by atoms with Gasteiger partial charge in [-0.3, -0.25) is 9.79 Å². The van der Waals surface area contributed by atoms with E-state index in [1.165, 1.54) is 0 Å². The Hall–Kier alpha value is -0.860. The number of carbonyl (C=O) groups is 1. The average Bonchev–Trinajstić information content (AvgIpc) is 2.29. The molecule has 12 heavy (non-hydrogen) atoms. The largest absolute Gasteiger partial charge is 0.312 e. The molecule has 1 aliphatic rings. The molecule has 0 aromatic carbocycles. The molecule has 3 nitrogen and oxygen atoms in total. The van der Waals surface area contributed by atoms with Crippen molar-refractivity contribution in [3.05, 3.63) is 0 Å². The van der Waals surface area contributed by atoms with E-state index in [9.17, 15) is 4.79 Å². The number of nitrogens with zero attached hydrogens (tertiary/aromatic N) is 1. The van der Waals surface area contributed by atoms with Gasteiger partial charge in [0.15, 0.2) is 0 Å². The minimum atomic E-state index is -0.536. The summed E-state index contributed by atoms with van der Waals surface area (Å²) in [6.45, 7) is 7.91. The lowest BCUT2D eigenvalue weighted by Crippen LogP contribution is -2.41. The predicted octanol–water partition coefficient (Wildman–Crippen LogP) is 1.34. The maximum absolute atomic E-state index is 11.5. The molecule has 1 atom stereocenters. The van der Waals surface area contributed by atoms with Crippen molar-refractivity contribution in [2.75, 3.05) is 0 Å². The monoisotopic (exact) mass is 168 g/mol. The molecule has 0 bridgehead atoms. The molecule has 0 aromatic heterocycles. The summed E-state index contributed by atoms with van der Waals surface area (Å²) < 4.78 is 0. The van der Waals surface area contributed by atoms with E-state index in [4.69, 9.17) is 0 Å². The number of rotatable bonds is 2. The van der Waals surface area contributed by atoms with E-state index in [0.29, 0.717) is 0 Å². The fraction of sp³-hybridized carbons (Fsp3) is 0.778. The highest BCUT2D eigenvalue weighted by Gasteiger charge is 2.40. The van der Waals surface area contributed by atoms with Gasteiger partial charge >= 0.3 is 0 Å². The summed E-state index contributed by atoms with van der Waals surface area (Å²) in [5.74, 6) is 1.10. The van der Waals surface area contributed by atoms with Crippen LogP contribution in [0, 0.1) is 5.92 Å².